The molecule has 0 spiro atoms. The molecule has 4 nitrogen and oxygen atoms in total. The summed E-state index contributed by atoms with van der Waals surface area (Å²) < 4.78 is 5.67. The van der Waals surface area contributed by atoms with Crippen LogP contribution in [0.25, 0.3) is 11.5 Å². The highest BCUT2D eigenvalue weighted by Crippen LogP contribution is 2.21. The number of rotatable bonds is 6. The second kappa shape index (κ2) is 6.31. The minimum Gasteiger partial charge on any atom is -0.421 e. The molecule has 1 heterocycles. The van der Waals surface area contributed by atoms with Gasteiger partial charge in [0.15, 0.2) is 0 Å². The van der Waals surface area contributed by atoms with E-state index in [1.165, 1.54) is 0 Å². The number of hydrogen-bond donors (Lipinski definition) is 1. The minimum absolute atomic E-state index is 0.610. The van der Waals surface area contributed by atoms with Gasteiger partial charge < -0.3 is 9.73 Å². The van der Waals surface area contributed by atoms with Crippen LogP contribution >= 0.6 is 0 Å². The Morgan fingerprint density at radius 3 is 2.78 bits per heavy atom. The maximum atomic E-state index is 5.67. The van der Waals surface area contributed by atoms with Crippen LogP contribution in [-0.2, 0) is 6.42 Å². The van der Waals surface area contributed by atoms with Crippen LogP contribution < -0.4 is 5.32 Å². The molecule has 0 bridgehead atoms. The summed E-state index contributed by atoms with van der Waals surface area (Å²) in [7, 11) is 0. The first-order valence-electron chi connectivity index (χ1n) is 6.40. The molecule has 0 aliphatic carbocycles. The van der Waals surface area contributed by atoms with Gasteiger partial charge in [0.25, 0.3) is 0 Å². The largest absolute Gasteiger partial charge is 0.421 e. The molecule has 4 heteroatoms. The molecule has 0 aliphatic heterocycles. The molecule has 0 fully saturated rings. The van der Waals surface area contributed by atoms with Crippen LogP contribution in [0.4, 0.5) is 0 Å². The third-order valence-corrected chi connectivity index (χ3v) is 2.78. The molecule has 1 aromatic heterocycles. The van der Waals surface area contributed by atoms with Gasteiger partial charge in [0.2, 0.25) is 11.8 Å². The molecule has 0 saturated carbocycles. The van der Waals surface area contributed by atoms with Crippen molar-refractivity contribution in [2.24, 2.45) is 0 Å². The summed E-state index contributed by atoms with van der Waals surface area (Å²) >= 11 is 0. The normalized spacial score (nSPS) is 10.8. The highest BCUT2D eigenvalue weighted by atomic mass is 16.4. The first-order chi connectivity index (χ1) is 8.81. The lowest BCUT2D eigenvalue weighted by Crippen LogP contribution is -2.17. The van der Waals surface area contributed by atoms with Gasteiger partial charge in [-0.25, -0.2) is 0 Å². The minimum atomic E-state index is 0.610. The van der Waals surface area contributed by atoms with Gasteiger partial charge in [0, 0.05) is 18.5 Å². The molecule has 96 valence electrons. The predicted octanol–water partition coefficient (Wildman–Crippen LogP) is 2.59. The highest BCUT2D eigenvalue weighted by molar-refractivity contribution is 5.57. The zero-order valence-electron chi connectivity index (χ0n) is 10.9. The van der Waals surface area contributed by atoms with Crippen molar-refractivity contribution >= 4 is 0 Å². The molecule has 0 unspecified atom stereocenters. The van der Waals surface area contributed by atoms with E-state index in [0.717, 1.165) is 37.1 Å². The van der Waals surface area contributed by atoms with E-state index in [0.29, 0.717) is 11.8 Å². The Labute approximate surface area is 107 Å². The van der Waals surface area contributed by atoms with E-state index in [2.05, 4.69) is 22.4 Å². The van der Waals surface area contributed by atoms with Gasteiger partial charge in [0.05, 0.1) is 0 Å². The van der Waals surface area contributed by atoms with E-state index in [9.17, 15) is 0 Å². The molecular formula is C14H19N3O. The lowest BCUT2D eigenvalue weighted by atomic mass is 10.1. The third kappa shape index (κ3) is 3.17. The molecule has 0 atom stereocenters. The Hall–Kier alpha value is -1.68. The first kappa shape index (κ1) is 12.8. The van der Waals surface area contributed by atoms with Crippen LogP contribution in [0.3, 0.4) is 0 Å². The standard InChI is InChI=1S/C14H19N3O/c1-3-9-15-10-8-13-16-17-14(18-13)12-7-5-4-6-11(12)2/h4-7,15H,3,8-10H2,1-2H3. The van der Waals surface area contributed by atoms with E-state index >= 15 is 0 Å². The van der Waals surface area contributed by atoms with Crippen molar-refractivity contribution in [1.82, 2.24) is 15.5 Å². The summed E-state index contributed by atoms with van der Waals surface area (Å²) in [4.78, 5) is 0. The molecule has 1 aromatic carbocycles. The van der Waals surface area contributed by atoms with Gasteiger partial charge >= 0.3 is 0 Å². The first-order valence-corrected chi connectivity index (χ1v) is 6.40. The van der Waals surface area contributed by atoms with Crippen LogP contribution in [0.1, 0.15) is 24.8 Å². The van der Waals surface area contributed by atoms with E-state index in [4.69, 9.17) is 4.42 Å². The molecule has 0 amide bonds. The Bertz CT molecular complexity index is 493. The number of aryl methyl sites for hydroxylation is 1. The summed E-state index contributed by atoms with van der Waals surface area (Å²) in [6.07, 6.45) is 1.91. The lowest BCUT2D eigenvalue weighted by Gasteiger charge is -2.00. The number of nitrogens with zero attached hydrogens (tertiary/aromatic N) is 2. The smallest absolute Gasteiger partial charge is 0.247 e. The second-order valence-electron chi connectivity index (χ2n) is 4.32. The lowest BCUT2D eigenvalue weighted by molar-refractivity contribution is 0.494. The molecule has 0 saturated heterocycles. The Morgan fingerprint density at radius 1 is 1.17 bits per heavy atom. The van der Waals surface area contributed by atoms with Crippen molar-refractivity contribution in [1.29, 1.82) is 0 Å². The molecule has 0 aliphatic rings. The molecule has 2 rings (SSSR count). The van der Waals surface area contributed by atoms with Crippen LogP contribution in [0, 0.1) is 6.92 Å². The van der Waals surface area contributed by atoms with E-state index in [-0.39, 0.29) is 0 Å². The summed E-state index contributed by atoms with van der Waals surface area (Å²) in [5.74, 6) is 1.30. The van der Waals surface area contributed by atoms with E-state index in [1.54, 1.807) is 0 Å². The van der Waals surface area contributed by atoms with Crippen molar-refractivity contribution < 1.29 is 4.42 Å². The Balaban J connectivity index is 2.00. The summed E-state index contributed by atoms with van der Waals surface area (Å²) in [6, 6.07) is 8.03. The zero-order valence-corrected chi connectivity index (χ0v) is 10.9. The van der Waals surface area contributed by atoms with Gasteiger partial charge in [-0.3, -0.25) is 0 Å². The topological polar surface area (TPSA) is 51.0 Å². The van der Waals surface area contributed by atoms with E-state index < -0.39 is 0 Å². The number of aromatic nitrogens is 2. The number of benzene rings is 1. The summed E-state index contributed by atoms with van der Waals surface area (Å²) in [6.45, 7) is 6.10. The zero-order chi connectivity index (χ0) is 12.8. The van der Waals surface area contributed by atoms with Gasteiger partial charge in [-0.05, 0) is 31.5 Å². The fourth-order valence-electron chi connectivity index (χ4n) is 1.77. The molecule has 2 aromatic rings. The summed E-state index contributed by atoms with van der Waals surface area (Å²) in [5, 5.41) is 11.5. The van der Waals surface area contributed by atoms with Crippen LogP contribution in [0.5, 0.6) is 0 Å². The Kier molecular flexibility index (Phi) is 4.47. The van der Waals surface area contributed by atoms with Crippen molar-refractivity contribution in [2.75, 3.05) is 13.1 Å². The average Bonchev–Trinajstić information content (AvgIpc) is 2.84. The van der Waals surface area contributed by atoms with Gasteiger partial charge in [-0.2, -0.15) is 0 Å². The van der Waals surface area contributed by atoms with Gasteiger partial charge in [0.1, 0.15) is 0 Å². The fourth-order valence-corrected chi connectivity index (χ4v) is 1.77. The van der Waals surface area contributed by atoms with Gasteiger partial charge in [-0.1, -0.05) is 25.1 Å². The van der Waals surface area contributed by atoms with Crippen molar-refractivity contribution in [3.63, 3.8) is 0 Å². The monoisotopic (exact) mass is 245 g/mol. The fraction of sp³-hybridized carbons (Fsp3) is 0.429. The predicted molar refractivity (Wildman–Crippen MR) is 71.3 cm³/mol. The third-order valence-electron chi connectivity index (χ3n) is 2.78. The molecule has 1 N–H and O–H groups in total. The van der Waals surface area contributed by atoms with Crippen LogP contribution in [-0.4, -0.2) is 23.3 Å². The molecular weight excluding hydrogens is 226 g/mol. The maximum absolute atomic E-state index is 5.67. The van der Waals surface area contributed by atoms with Gasteiger partial charge in [-0.15, -0.1) is 10.2 Å². The Morgan fingerprint density at radius 2 is 2.00 bits per heavy atom. The van der Waals surface area contributed by atoms with E-state index in [1.807, 2.05) is 31.2 Å². The molecule has 0 radical (unpaired) electrons. The van der Waals surface area contributed by atoms with Crippen molar-refractivity contribution in [3.05, 3.63) is 35.7 Å². The van der Waals surface area contributed by atoms with Crippen LogP contribution in [0.15, 0.2) is 28.7 Å². The number of nitrogens with one attached hydrogen (secondary N) is 1. The summed E-state index contributed by atoms with van der Waals surface area (Å²) in [5.41, 5.74) is 2.16. The SMILES string of the molecule is CCCNCCc1nnc(-c2ccccc2C)o1. The molecule has 18 heavy (non-hydrogen) atoms. The number of hydrogen-bond acceptors (Lipinski definition) is 4. The second-order valence-corrected chi connectivity index (χ2v) is 4.32. The maximum Gasteiger partial charge on any atom is 0.247 e. The van der Waals surface area contributed by atoms with Crippen molar-refractivity contribution in [3.8, 4) is 11.5 Å². The van der Waals surface area contributed by atoms with Crippen LogP contribution in [0.2, 0.25) is 0 Å². The highest BCUT2D eigenvalue weighted by Gasteiger charge is 2.09. The quantitative estimate of drug-likeness (QED) is 0.795. The van der Waals surface area contributed by atoms with Crippen molar-refractivity contribution in [2.45, 2.75) is 26.7 Å². The average molecular weight is 245 g/mol.